The number of allylic oxidation sites excluding steroid dienone is 2. The van der Waals surface area contributed by atoms with Crippen molar-refractivity contribution in [3.63, 3.8) is 0 Å². The van der Waals surface area contributed by atoms with E-state index in [1.807, 2.05) is 18.2 Å². The zero-order valence-electron chi connectivity index (χ0n) is 45.5. The Hall–Kier alpha value is -11.3. The van der Waals surface area contributed by atoms with Gasteiger partial charge in [-0.1, -0.05) is 121 Å². The minimum atomic E-state index is -2.73. The Morgan fingerprint density at radius 3 is 1.01 bits per heavy atom. The van der Waals surface area contributed by atoms with E-state index >= 15 is 19.2 Å². The Kier molecular flexibility index (Phi) is 14.0. The highest BCUT2D eigenvalue weighted by molar-refractivity contribution is 7.28. The molecule has 0 unspecified atom stereocenters. The van der Waals surface area contributed by atoms with Gasteiger partial charge in [-0.05, 0) is 70.8 Å². The third-order valence-corrected chi connectivity index (χ3v) is 19.4. The van der Waals surface area contributed by atoms with Gasteiger partial charge in [-0.3, -0.25) is 38.4 Å². The number of benzene rings is 6. The van der Waals surface area contributed by atoms with Crippen LogP contribution < -0.4 is 5.73 Å². The summed E-state index contributed by atoms with van der Waals surface area (Å²) in [4.78, 5) is 123. The van der Waals surface area contributed by atoms with Gasteiger partial charge in [0.25, 0.3) is 0 Å². The van der Waals surface area contributed by atoms with Crippen LogP contribution in [-0.4, -0.2) is 47.0 Å². The Morgan fingerprint density at radius 2 is 0.705 bits per heavy atom. The second-order valence-electron chi connectivity index (χ2n) is 20.7. The van der Waals surface area contributed by atoms with Crippen LogP contribution >= 0.6 is 34.0 Å². The molecule has 6 aromatic carbocycles. The number of hydrogen-bond acceptors (Lipinski definition) is 19. The molecule has 3 aromatic heterocycles. The second kappa shape index (κ2) is 22.0. The van der Waals surface area contributed by atoms with E-state index < -0.39 is 57.8 Å². The smallest absolute Gasteiger partial charge is 0.333 e. The first kappa shape index (κ1) is 55.9. The average molecular weight is 1210 g/mol. The minimum absolute atomic E-state index is 0.0113. The lowest BCUT2D eigenvalue weighted by Crippen LogP contribution is -2.50. The number of esters is 4. The number of carbonyl (C=O) groups excluding carboxylic acids is 8. The van der Waals surface area contributed by atoms with Gasteiger partial charge in [0.2, 0.25) is 10.8 Å². The van der Waals surface area contributed by atoms with Crippen LogP contribution in [0, 0.1) is 34.0 Å². The highest BCUT2D eigenvalue weighted by atomic mass is 32.1. The van der Waals surface area contributed by atoms with E-state index in [4.69, 9.17) is 24.7 Å². The maximum atomic E-state index is 16.2. The van der Waals surface area contributed by atoms with Crippen LogP contribution in [0.4, 0.5) is 5.69 Å². The number of nitriles is 3. The van der Waals surface area contributed by atoms with Crippen LogP contribution in [-0.2, 0) is 75.4 Å². The Balaban J connectivity index is 1.07. The first-order valence-corrected chi connectivity index (χ1v) is 29.4. The van der Waals surface area contributed by atoms with Gasteiger partial charge in [0.1, 0.15) is 44.6 Å². The van der Waals surface area contributed by atoms with Gasteiger partial charge in [0.15, 0.2) is 23.1 Å². The lowest BCUT2D eigenvalue weighted by Gasteiger charge is -2.32. The van der Waals surface area contributed by atoms with Gasteiger partial charge in [0.05, 0.1) is 53.0 Å². The monoisotopic (exact) mass is 1210 g/mol. The van der Waals surface area contributed by atoms with Crippen molar-refractivity contribution in [2.24, 2.45) is 0 Å². The molecular formula is C69H38N4O12S3. The summed E-state index contributed by atoms with van der Waals surface area (Å²) < 4.78 is 25.1. The maximum absolute atomic E-state index is 16.2. The first-order valence-electron chi connectivity index (χ1n) is 27.0. The fraction of sp³-hybridized carbons (Fsp3) is 0.0870. The van der Waals surface area contributed by atoms with Crippen LogP contribution in [0.1, 0.15) is 112 Å². The fourth-order valence-electron chi connectivity index (χ4n) is 11.5. The third kappa shape index (κ3) is 8.81. The van der Waals surface area contributed by atoms with Crippen molar-refractivity contribution in [1.29, 1.82) is 15.8 Å². The summed E-state index contributed by atoms with van der Waals surface area (Å²) in [6.45, 7) is -1.54. The number of hydrogen-bond donors (Lipinski definition) is 1. The molecule has 0 aliphatic heterocycles. The van der Waals surface area contributed by atoms with Crippen molar-refractivity contribution >= 4 is 98.9 Å². The standard InChI is InChI=1S/C69H38N4O12S3/c70-29-40-21-45-46(22-41(40)30-71)57(75)49(56(45)74)24-43-26-51-60(86-43)62-54(68(51,64(78)82-32-36-13-5-1-6-14-36)65(79)83-33-37-15-7-2-8-16-37)55-63(88-62)61-52(27-44(87-61)25-50-58(76)47-23-42(31-72)53(73)28-48(47)59(50)77)69(55,66(80)84-34-38-17-9-3-10-18-38)67(81)85-35-39-19-11-4-12-20-39/h1-28H,32-35,73H2/b50-25-. The summed E-state index contributed by atoms with van der Waals surface area (Å²) in [5.74, 6) is -7.64. The van der Waals surface area contributed by atoms with E-state index in [1.165, 1.54) is 48.6 Å². The van der Waals surface area contributed by atoms with Gasteiger partial charge in [-0.25, -0.2) is 0 Å². The van der Waals surface area contributed by atoms with Gasteiger partial charge >= 0.3 is 23.9 Å². The molecule has 9 aromatic rings. The predicted octanol–water partition coefficient (Wildman–Crippen LogP) is 11.5. The number of nitrogens with zero attached hydrogens (tertiary/aromatic N) is 3. The average Bonchev–Trinajstić information content (AvgIpc) is 1.49. The highest BCUT2D eigenvalue weighted by Gasteiger charge is 2.69. The molecule has 4 aliphatic rings. The number of ether oxygens (including phenoxy) is 4. The fourth-order valence-corrected chi connectivity index (χ4v) is 15.6. The van der Waals surface area contributed by atoms with Crippen molar-refractivity contribution in [2.75, 3.05) is 5.73 Å². The zero-order valence-corrected chi connectivity index (χ0v) is 48.0. The molecule has 13 rings (SSSR count). The van der Waals surface area contributed by atoms with Crippen molar-refractivity contribution in [2.45, 2.75) is 37.3 Å². The number of ketones is 4. The Labute approximate surface area is 511 Å². The Morgan fingerprint density at radius 1 is 0.409 bits per heavy atom. The van der Waals surface area contributed by atoms with Crippen molar-refractivity contribution in [3.8, 4) is 37.7 Å². The van der Waals surface area contributed by atoms with Gasteiger partial charge < -0.3 is 24.7 Å². The summed E-state index contributed by atoms with van der Waals surface area (Å²) in [5.41, 5.74) is 1.17. The first-order chi connectivity index (χ1) is 42.7. The lowest BCUT2D eigenvalue weighted by atomic mass is 9.70. The number of fused-ring (bicyclic) bond motifs is 9. The quantitative estimate of drug-likeness (QED) is 0.0265. The number of Topliss-reactive ketones (excluding diaryl/α,β-unsaturated/α-hetero) is 4. The Bertz CT molecular complexity index is 4620. The molecule has 0 spiro atoms. The molecule has 0 amide bonds. The van der Waals surface area contributed by atoms with Crippen LogP contribution in [0.15, 0.2) is 169 Å². The van der Waals surface area contributed by atoms with E-state index in [0.717, 1.165) is 34.0 Å². The van der Waals surface area contributed by atoms with E-state index in [0.29, 0.717) is 22.3 Å². The zero-order chi connectivity index (χ0) is 61.2. The molecule has 424 valence electrons. The molecule has 0 saturated heterocycles. The lowest BCUT2D eigenvalue weighted by molar-refractivity contribution is -0.167. The van der Waals surface area contributed by atoms with E-state index in [2.05, 4.69) is 0 Å². The topological polar surface area (TPSA) is 271 Å². The summed E-state index contributed by atoms with van der Waals surface area (Å²) >= 11 is 2.98. The molecule has 3 heterocycles. The SMILES string of the molecule is N#Cc1cc2c(cc1N)C(=O)/C(=C\c1cc3c(s1)-c1sc4c(c1C3(C(=O)OCc1ccccc1)C(=O)OCc1ccccc1)C(C(=O)OCc1ccccc1)(C(=O)OCc1ccccc1)c1cc(C=C3C(=O)c5cc(C#N)c(C#N)cc5C3=O)sc1-4)C2=O. The predicted molar refractivity (Wildman–Crippen MR) is 322 cm³/mol. The third-order valence-electron chi connectivity index (χ3n) is 15.7. The van der Waals surface area contributed by atoms with Crippen LogP contribution in [0.5, 0.6) is 0 Å². The molecule has 0 radical (unpaired) electrons. The molecule has 4 aliphatic carbocycles. The number of rotatable bonds is 14. The van der Waals surface area contributed by atoms with E-state index in [9.17, 15) is 35.0 Å². The van der Waals surface area contributed by atoms with Gasteiger partial charge in [0, 0.05) is 54.3 Å². The van der Waals surface area contributed by atoms with Gasteiger partial charge in [-0.2, -0.15) is 15.8 Å². The van der Waals surface area contributed by atoms with Gasteiger partial charge in [-0.15, -0.1) is 34.0 Å². The molecule has 2 N–H and O–H groups in total. The normalized spacial score (nSPS) is 14.6. The molecule has 0 saturated carbocycles. The number of nitrogens with two attached hydrogens (primary N) is 1. The molecule has 0 fully saturated rings. The molecule has 19 heteroatoms. The minimum Gasteiger partial charge on any atom is -0.459 e. The number of thiophene rings is 3. The van der Waals surface area contributed by atoms with E-state index in [-0.39, 0.29) is 134 Å². The van der Waals surface area contributed by atoms with Crippen molar-refractivity contribution in [1.82, 2.24) is 0 Å². The summed E-state index contributed by atoms with van der Waals surface area (Å²) in [6.07, 6.45) is 2.62. The summed E-state index contributed by atoms with van der Waals surface area (Å²) in [6, 6.07) is 48.1. The number of nitrogen functional groups attached to an aromatic ring is 1. The van der Waals surface area contributed by atoms with E-state index in [1.54, 1.807) is 121 Å². The largest absolute Gasteiger partial charge is 0.459 e. The summed E-state index contributed by atoms with van der Waals surface area (Å²) in [5, 5.41) is 29.4. The molecule has 16 nitrogen and oxygen atoms in total. The van der Waals surface area contributed by atoms with Crippen LogP contribution in [0.2, 0.25) is 0 Å². The molecule has 88 heavy (non-hydrogen) atoms. The highest BCUT2D eigenvalue weighted by Crippen LogP contribution is 2.68. The number of anilines is 1. The summed E-state index contributed by atoms with van der Waals surface area (Å²) in [7, 11) is 0. The molecule has 0 bridgehead atoms. The molecular weight excluding hydrogens is 1170 g/mol. The number of carbonyl (C=O) groups is 8. The van der Waals surface area contributed by atoms with Crippen LogP contribution in [0.3, 0.4) is 0 Å². The maximum Gasteiger partial charge on any atom is 0.333 e. The van der Waals surface area contributed by atoms with Crippen molar-refractivity contribution < 1.29 is 57.3 Å². The molecule has 0 atom stereocenters. The second-order valence-corrected chi connectivity index (χ2v) is 23.9. The van der Waals surface area contributed by atoms with Crippen molar-refractivity contribution in [3.05, 3.63) is 262 Å². The van der Waals surface area contributed by atoms with Crippen LogP contribution in [0.25, 0.3) is 31.7 Å².